The van der Waals surface area contributed by atoms with Gasteiger partial charge in [0.2, 0.25) is 0 Å². The molecule has 1 heterocycles. The van der Waals surface area contributed by atoms with Crippen LogP contribution in [0.1, 0.15) is 120 Å². The fraction of sp³-hybridized carbons (Fsp3) is 0.806. The van der Waals surface area contributed by atoms with E-state index in [1.165, 1.54) is 44.2 Å². The number of hydrogen-bond acceptors (Lipinski definition) is 8. The van der Waals surface area contributed by atoms with E-state index in [4.69, 9.17) is 9.84 Å². The smallest absolute Gasteiger partial charge is 0.301 e. The van der Waals surface area contributed by atoms with Crippen LogP contribution in [-0.4, -0.2) is 38.0 Å². The number of nitro benzene ring substituents is 2. The lowest BCUT2D eigenvalue weighted by atomic mass is 9.35. The average Bonchev–Trinajstić information content (AvgIpc) is 3.54. The van der Waals surface area contributed by atoms with E-state index in [0.29, 0.717) is 23.7 Å². The van der Waals surface area contributed by atoms with Gasteiger partial charge in [0.15, 0.2) is 0 Å². The van der Waals surface area contributed by atoms with Crippen molar-refractivity contribution in [1.29, 1.82) is 0 Å². The standard InChI is InChI=1S/C36H54N4O6/c1-31(2)27-14-19-35(7)28(12-10-23-24(13-18-34(23,35)6)36(8)20-16-30(46-36)32(3,4)41)33(27,5)17-15-29(31)38-37-25-11-9-22(39(42)43)21-26(25)40(44)45/h9,11,21,23-24,27-28,30,37,41H,10,12-20H2,1-8H3/b38-29+/t23-,24+,27+,28-,30+,33+,34-,35-,36+/m1/s1. The van der Waals surface area contributed by atoms with Gasteiger partial charge in [-0.15, -0.1) is 0 Å². The van der Waals surface area contributed by atoms with Gasteiger partial charge < -0.3 is 9.84 Å². The molecule has 46 heavy (non-hydrogen) atoms. The van der Waals surface area contributed by atoms with Gasteiger partial charge in [-0.25, -0.2) is 0 Å². The summed E-state index contributed by atoms with van der Waals surface area (Å²) in [7, 11) is 0. The highest BCUT2D eigenvalue weighted by atomic mass is 16.6. The van der Waals surface area contributed by atoms with Gasteiger partial charge in [-0.1, -0.05) is 34.6 Å². The van der Waals surface area contributed by atoms with Gasteiger partial charge in [0.1, 0.15) is 5.69 Å². The quantitative estimate of drug-likeness (QED) is 0.235. The number of ether oxygens (including phenoxy) is 1. The Balaban J connectivity index is 1.24. The summed E-state index contributed by atoms with van der Waals surface area (Å²) in [6, 6.07) is 3.64. The zero-order valence-electron chi connectivity index (χ0n) is 29.0. The van der Waals surface area contributed by atoms with Crippen LogP contribution in [0.25, 0.3) is 0 Å². The maximum atomic E-state index is 11.7. The topological polar surface area (TPSA) is 140 Å². The zero-order valence-corrected chi connectivity index (χ0v) is 29.0. The summed E-state index contributed by atoms with van der Waals surface area (Å²) in [6.45, 7) is 18.4. The van der Waals surface area contributed by atoms with Gasteiger partial charge in [-0.3, -0.25) is 25.7 Å². The molecule has 1 saturated heterocycles. The first-order valence-electron chi connectivity index (χ1n) is 17.4. The second-order valence-electron chi connectivity index (χ2n) is 17.5. The molecule has 10 heteroatoms. The molecule has 1 aromatic carbocycles. The van der Waals surface area contributed by atoms with Crippen LogP contribution in [0.3, 0.4) is 0 Å². The van der Waals surface area contributed by atoms with E-state index in [1.54, 1.807) is 0 Å². The monoisotopic (exact) mass is 638 g/mol. The fourth-order valence-electron chi connectivity index (χ4n) is 12.1. The van der Waals surface area contributed by atoms with Gasteiger partial charge >= 0.3 is 5.69 Å². The average molecular weight is 639 g/mol. The maximum Gasteiger partial charge on any atom is 0.301 e. The second kappa shape index (κ2) is 10.7. The van der Waals surface area contributed by atoms with Crippen LogP contribution in [0.2, 0.25) is 0 Å². The minimum atomic E-state index is -0.821. The minimum Gasteiger partial charge on any atom is -0.388 e. The summed E-state index contributed by atoms with van der Waals surface area (Å²) in [4.78, 5) is 21.7. The molecular formula is C36H54N4O6. The predicted octanol–water partition coefficient (Wildman–Crippen LogP) is 8.66. The lowest BCUT2D eigenvalue weighted by Crippen LogP contribution is -2.63. The first-order valence-corrected chi connectivity index (χ1v) is 17.4. The van der Waals surface area contributed by atoms with Crippen LogP contribution in [0, 0.1) is 65.6 Å². The SMILES string of the molecule is CC(C)(O)[C@@H]1CC[C@@](C)([C@H]2CC[C@]3(C)[C@@H]2CC[C@@H]2[C@@]4(C)CC/C(=N\Nc5ccc([N+](=O)[O-])cc5[N+](=O)[O-])C(C)(C)[C@@H]4CC[C@]23C)O1. The van der Waals surface area contributed by atoms with Crippen LogP contribution in [0.15, 0.2) is 23.3 Å². The molecule has 0 aromatic heterocycles. The van der Waals surface area contributed by atoms with Crippen molar-refractivity contribution in [3.8, 4) is 0 Å². The number of nitrogens with one attached hydrogen (secondary N) is 1. The number of nitro groups is 2. The molecule has 0 unspecified atom stereocenters. The molecule has 2 N–H and O–H groups in total. The highest BCUT2D eigenvalue weighted by Gasteiger charge is 2.69. The van der Waals surface area contributed by atoms with Gasteiger partial charge in [0, 0.05) is 17.2 Å². The molecule has 4 saturated carbocycles. The number of hydrogen-bond donors (Lipinski definition) is 2. The van der Waals surface area contributed by atoms with Crippen LogP contribution in [0.4, 0.5) is 17.1 Å². The Bertz CT molecular complexity index is 1450. The summed E-state index contributed by atoms with van der Waals surface area (Å²) >= 11 is 0. The number of anilines is 1. The summed E-state index contributed by atoms with van der Waals surface area (Å²) in [5, 5.41) is 38.4. The molecule has 254 valence electrons. The van der Waals surface area contributed by atoms with Gasteiger partial charge in [0.05, 0.1) is 33.2 Å². The van der Waals surface area contributed by atoms with Crippen molar-refractivity contribution >= 4 is 22.8 Å². The number of hydrazone groups is 1. The van der Waals surface area contributed by atoms with E-state index < -0.39 is 15.4 Å². The molecule has 5 aliphatic rings. The first kappa shape index (κ1) is 33.3. The van der Waals surface area contributed by atoms with Gasteiger partial charge in [0.25, 0.3) is 5.69 Å². The van der Waals surface area contributed by atoms with E-state index in [9.17, 15) is 25.3 Å². The summed E-state index contributed by atoms with van der Waals surface area (Å²) < 4.78 is 6.76. The Morgan fingerprint density at radius 3 is 2.20 bits per heavy atom. The molecular weight excluding hydrogens is 584 g/mol. The van der Waals surface area contributed by atoms with Crippen LogP contribution >= 0.6 is 0 Å². The number of nitrogens with zero attached hydrogens (tertiary/aromatic N) is 3. The van der Waals surface area contributed by atoms with Crippen molar-refractivity contribution in [1.82, 2.24) is 0 Å². The Morgan fingerprint density at radius 1 is 0.870 bits per heavy atom. The largest absolute Gasteiger partial charge is 0.388 e. The van der Waals surface area contributed by atoms with Crippen molar-refractivity contribution in [2.24, 2.45) is 50.4 Å². The zero-order chi connectivity index (χ0) is 33.7. The highest BCUT2D eigenvalue weighted by molar-refractivity contribution is 5.91. The predicted molar refractivity (Wildman–Crippen MR) is 179 cm³/mol. The fourth-order valence-corrected chi connectivity index (χ4v) is 12.1. The maximum absolute atomic E-state index is 11.7. The highest BCUT2D eigenvalue weighted by Crippen LogP contribution is 2.76. The molecule has 0 spiro atoms. The van der Waals surface area contributed by atoms with E-state index in [1.807, 2.05) is 13.8 Å². The van der Waals surface area contributed by atoms with E-state index >= 15 is 0 Å². The second-order valence-corrected chi connectivity index (χ2v) is 17.5. The lowest BCUT2D eigenvalue weighted by Gasteiger charge is -2.69. The number of non-ortho nitro benzene ring substituents is 1. The molecule has 4 aliphatic carbocycles. The third kappa shape index (κ3) is 4.82. The summed E-state index contributed by atoms with van der Waals surface area (Å²) in [5.74, 6) is 2.17. The third-order valence-electron chi connectivity index (χ3n) is 14.8. The molecule has 10 nitrogen and oxygen atoms in total. The van der Waals surface area contributed by atoms with E-state index in [0.717, 1.165) is 43.9 Å². The Hall–Kier alpha value is -2.59. The van der Waals surface area contributed by atoms with Gasteiger partial charge in [-0.2, -0.15) is 5.10 Å². The van der Waals surface area contributed by atoms with Gasteiger partial charge in [-0.05, 0) is 131 Å². The normalized spacial score (nSPS) is 42.6. The van der Waals surface area contributed by atoms with Crippen molar-refractivity contribution in [2.75, 3.05) is 5.43 Å². The van der Waals surface area contributed by atoms with E-state index in [2.05, 4.69) is 47.0 Å². The van der Waals surface area contributed by atoms with E-state index in [-0.39, 0.29) is 50.4 Å². The summed E-state index contributed by atoms with van der Waals surface area (Å²) in [6.07, 6.45) is 10.9. The lowest BCUT2D eigenvalue weighted by molar-refractivity contribution is -0.393. The van der Waals surface area contributed by atoms with Crippen molar-refractivity contribution in [3.05, 3.63) is 38.4 Å². The Kier molecular flexibility index (Phi) is 7.76. The van der Waals surface area contributed by atoms with Crippen molar-refractivity contribution in [2.45, 2.75) is 137 Å². The van der Waals surface area contributed by atoms with Crippen molar-refractivity contribution in [3.63, 3.8) is 0 Å². The molecule has 5 fully saturated rings. The molecule has 0 bridgehead atoms. The first-order chi connectivity index (χ1) is 21.3. The Morgan fingerprint density at radius 2 is 1.57 bits per heavy atom. The van der Waals surface area contributed by atoms with Crippen LogP contribution in [0.5, 0.6) is 0 Å². The van der Waals surface area contributed by atoms with Crippen LogP contribution < -0.4 is 5.43 Å². The number of fused-ring (bicyclic) bond motifs is 5. The molecule has 1 aliphatic heterocycles. The molecule has 1 aromatic rings. The van der Waals surface area contributed by atoms with Crippen molar-refractivity contribution < 1.29 is 19.7 Å². The number of benzene rings is 1. The Labute approximate surface area is 273 Å². The minimum absolute atomic E-state index is 0.105. The van der Waals surface area contributed by atoms with Crippen LogP contribution in [-0.2, 0) is 4.74 Å². The summed E-state index contributed by atoms with van der Waals surface area (Å²) in [5.41, 5.74) is 2.87. The molecule has 6 rings (SSSR count). The number of rotatable bonds is 6. The third-order valence-corrected chi connectivity index (χ3v) is 14.8. The molecule has 9 atom stereocenters. The number of aliphatic hydroxyl groups is 1. The molecule has 0 radical (unpaired) electrons. The molecule has 0 amide bonds.